The molecular formula is C21H44O10. The van der Waals surface area contributed by atoms with E-state index >= 15 is 0 Å². The van der Waals surface area contributed by atoms with Crippen LogP contribution in [-0.2, 0) is 19.1 Å². The summed E-state index contributed by atoms with van der Waals surface area (Å²) in [6, 6.07) is 0. The number of hydrogen-bond acceptors (Lipinski definition) is 8. The van der Waals surface area contributed by atoms with Crippen molar-refractivity contribution < 1.29 is 49.7 Å². The fourth-order valence-electron chi connectivity index (χ4n) is 1.74. The van der Waals surface area contributed by atoms with Gasteiger partial charge in [0.25, 0.3) is 0 Å². The van der Waals surface area contributed by atoms with Crippen LogP contribution in [-0.4, -0.2) is 93.4 Å². The summed E-state index contributed by atoms with van der Waals surface area (Å²) in [4.78, 5) is 19.8. The van der Waals surface area contributed by atoms with Gasteiger partial charge in [-0.2, -0.15) is 0 Å². The fraction of sp³-hybridized carbons (Fsp3) is 0.905. The van der Waals surface area contributed by atoms with Crippen molar-refractivity contribution in [3.8, 4) is 0 Å². The molecule has 0 spiro atoms. The molecule has 10 heteroatoms. The van der Waals surface area contributed by atoms with Crippen LogP contribution in [0.3, 0.4) is 0 Å². The third-order valence-corrected chi connectivity index (χ3v) is 3.78. The molecular weight excluding hydrogens is 412 g/mol. The molecule has 0 saturated carbocycles. The van der Waals surface area contributed by atoms with Crippen LogP contribution in [0, 0.1) is 0 Å². The van der Waals surface area contributed by atoms with Crippen molar-refractivity contribution in [2.45, 2.75) is 97.1 Å². The molecule has 0 fully saturated rings. The minimum atomic E-state index is -0.870. The van der Waals surface area contributed by atoms with E-state index in [2.05, 4.69) is 0 Å². The quantitative estimate of drug-likeness (QED) is 0.186. The molecule has 10 nitrogen and oxygen atoms in total. The average Bonchev–Trinajstić information content (AvgIpc) is 2.73. The van der Waals surface area contributed by atoms with Crippen molar-refractivity contribution >= 4 is 11.9 Å². The third kappa shape index (κ3) is 33.5. The molecule has 0 saturated heterocycles. The lowest BCUT2D eigenvalue weighted by Gasteiger charge is -2.13. The average molecular weight is 457 g/mol. The standard InChI is InChI=1S/C8H18O3.C7H16O3.C6H10O4/c1-3-4-8(10)6-11-7(2)5-9;1-3-7(9)5-10-6(2)4-8;7-5(8)3-1-2-4-6(9)10/h7-10H,3-6H2,1-2H3;6-9H,3-5H2,1-2H3;1-4H2,(H,7,8)(H,9,10). The van der Waals surface area contributed by atoms with Gasteiger partial charge in [0.1, 0.15) is 0 Å². The number of ether oxygens (including phenoxy) is 2. The number of aliphatic carboxylic acids is 2. The highest BCUT2D eigenvalue weighted by Crippen LogP contribution is 1.99. The topological polar surface area (TPSA) is 174 Å². The van der Waals surface area contributed by atoms with Gasteiger partial charge in [-0.05, 0) is 39.5 Å². The monoisotopic (exact) mass is 456 g/mol. The summed E-state index contributed by atoms with van der Waals surface area (Å²) in [6.45, 7) is 8.11. The van der Waals surface area contributed by atoms with Gasteiger partial charge in [-0.25, -0.2) is 0 Å². The van der Waals surface area contributed by atoms with Crippen molar-refractivity contribution in [1.82, 2.24) is 0 Å². The molecule has 0 aromatic carbocycles. The second kappa shape index (κ2) is 25.0. The van der Waals surface area contributed by atoms with E-state index in [1.807, 2.05) is 13.8 Å². The van der Waals surface area contributed by atoms with Crippen molar-refractivity contribution in [3.05, 3.63) is 0 Å². The zero-order chi connectivity index (χ0) is 24.7. The van der Waals surface area contributed by atoms with Crippen molar-refractivity contribution in [3.63, 3.8) is 0 Å². The maximum Gasteiger partial charge on any atom is 0.303 e. The van der Waals surface area contributed by atoms with Crippen molar-refractivity contribution in [2.75, 3.05) is 26.4 Å². The predicted molar refractivity (Wildman–Crippen MR) is 116 cm³/mol. The second-order valence-corrected chi connectivity index (χ2v) is 7.15. The van der Waals surface area contributed by atoms with E-state index in [0.29, 0.717) is 32.5 Å². The highest BCUT2D eigenvalue weighted by atomic mass is 16.5. The molecule has 188 valence electrons. The van der Waals surface area contributed by atoms with Gasteiger partial charge in [0, 0.05) is 12.8 Å². The molecule has 4 unspecified atom stereocenters. The molecule has 0 aliphatic carbocycles. The summed E-state index contributed by atoms with van der Waals surface area (Å²) in [7, 11) is 0. The SMILES string of the molecule is CCC(O)COC(C)CO.CCCC(O)COC(C)CO.O=C(O)CCCCC(=O)O. The van der Waals surface area contributed by atoms with Crippen LogP contribution in [0.5, 0.6) is 0 Å². The smallest absolute Gasteiger partial charge is 0.303 e. The second-order valence-electron chi connectivity index (χ2n) is 7.15. The summed E-state index contributed by atoms with van der Waals surface area (Å²) >= 11 is 0. The lowest BCUT2D eigenvalue weighted by molar-refractivity contribution is -0.139. The maximum atomic E-state index is 9.90. The minimum Gasteiger partial charge on any atom is -0.481 e. The van der Waals surface area contributed by atoms with Crippen molar-refractivity contribution in [2.24, 2.45) is 0 Å². The van der Waals surface area contributed by atoms with Crippen LogP contribution in [0.4, 0.5) is 0 Å². The van der Waals surface area contributed by atoms with E-state index < -0.39 is 18.0 Å². The summed E-state index contributed by atoms with van der Waals surface area (Å²) in [5, 5.41) is 51.5. The molecule has 31 heavy (non-hydrogen) atoms. The highest BCUT2D eigenvalue weighted by molar-refractivity contribution is 5.67. The third-order valence-electron chi connectivity index (χ3n) is 3.78. The van der Waals surface area contributed by atoms with Gasteiger partial charge < -0.3 is 40.1 Å². The van der Waals surface area contributed by atoms with E-state index in [-0.39, 0.29) is 44.4 Å². The Bertz CT molecular complexity index is 380. The molecule has 0 aromatic rings. The predicted octanol–water partition coefficient (Wildman–Crippen LogP) is 1.42. The van der Waals surface area contributed by atoms with Gasteiger partial charge in [0.15, 0.2) is 0 Å². The number of carboxylic acids is 2. The zero-order valence-corrected chi connectivity index (χ0v) is 19.4. The van der Waals surface area contributed by atoms with Crippen LogP contribution in [0.15, 0.2) is 0 Å². The van der Waals surface area contributed by atoms with Crippen LogP contribution >= 0.6 is 0 Å². The molecule has 0 aromatic heterocycles. The summed E-state index contributed by atoms with van der Waals surface area (Å²) in [5.41, 5.74) is 0. The first-order chi connectivity index (χ1) is 14.5. The molecule has 0 aliphatic heterocycles. The first kappa shape index (κ1) is 34.3. The number of unbranched alkanes of at least 4 members (excludes halogenated alkanes) is 1. The molecule has 4 atom stereocenters. The fourth-order valence-corrected chi connectivity index (χ4v) is 1.74. The number of rotatable bonds is 16. The Morgan fingerprint density at radius 1 is 0.774 bits per heavy atom. The number of carboxylic acid groups (broad SMARTS) is 2. The van der Waals surface area contributed by atoms with E-state index in [9.17, 15) is 14.7 Å². The van der Waals surface area contributed by atoms with Gasteiger partial charge in [0.2, 0.25) is 0 Å². The molecule has 0 rings (SSSR count). The Morgan fingerprint density at radius 3 is 1.45 bits per heavy atom. The van der Waals surface area contributed by atoms with Crippen LogP contribution in [0.1, 0.15) is 72.6 Å². The lowest BCUT2D eigenvalue weighted by Crippen LogP contribution is -2.21. The summed E-state index contributed by atoms with van der Waals surface area (Å²) in [5.74, 6) is -1.74. The van der Waals surface area contributed by atoms with E-state index in [0.717, 1.165) is 12.8 Å². The van der Waals surface area contributed by atoms with Crippen LogP contribution in [0.2, 0.25) is 0 Å². The molecule has 0 bridgehead atoms. The van der Waals surface area contributed by atoms with Gasteiger partial charge >= 0.3 is 11.9 Å². The van der Waals surface area contributed by atoms with E-state index in [1.54, 1.807) is 13.8 Å². The molecule has 6 N–H and O–H groups in total. The van der Waals surface area contributed by atoms with Gasteiger partial charge in [0.05, 0.1) is 50.8 Å². The number of aliphatic hydroxyl groups excluding tert-OH is 4. The summed E-state index contributed by atoms with van der Waals surface area (Å²) in [6.07, 6.45) is 2.32. The van der Waals surface area contributed by atoms with E-state index in [1.165, 1.54) is 0 Å². The lowest BCUT2D eigenvalue weighted by atomic mass is 10.2. The van der Waals surface area contributed by atoms with Crippen LogP contribution < -0.4 is 0 Å². The van der Waals surface area contributed by atoms with Gasteiger partial charge in [-0.1, -0.05) is 20.3 Å². The Labute approximate surface area is 185 Å². The Kier molecular flexibility index (Phi) is 27.6. The normalized spacial score (nSPS) is 14.2. The Hall–Kier alpha value is -1.30. The molecule has 0 aliphatic rings. The highest BCUT2D eigenvalue weighted by Gasteiger charge is 2.05. The zero-order valence-electron chi connectivity index (χ0n) is 19.4. The van der Waals surface area contributed by atoms with Gasteiger partial charge in [-0.3, -0.25) is 9.59 Å². The molecule has 0 heterocycles. The number of aliphatic hydroxyl groups is 4. The number of carbonyl (C=O) groups is 2. The molecule has 0 amide bonds. The minimum absolute atomic E-state index is 0.0104. The van der Waals surface area contributed by atoms with Crippen molar-refractivity contribution in [1.29, 1.82) is 0 Å². The van der Waals surface area contributed by atoms with Gasteiger partial charge in [-0.15, -0.1) is 0 Å². The Balaban J connectivity index is -0.000000380. The maximum absolute atomic E-state index is 9.90. The Morgan fingerprint density at radius 2 is 1.16 bits per heavy atom. The molecule has 0 radical (unpaired) electrons. The first-order valence-corrected chi connectivity index (χ1v) is 10.8. The van der Waals surface area contributed by atoms with Crippen LogP contribution in [0.25, 0.3) is 0 Å². The van der Waals surface area contributed by atoms with E-state index in [4.69, 9.17) is 35.0 Å². The first-order valence-electron chi connectivity index (χ1n) is 10.8. The largest absolute Gasteiger partial charge is 0.481 e. The number of hydrogen-bond donors (Lipinski definition) is 6. The summed E-state index contributed by atoms with van der Waals surface area (Å²) < 4.78 is 10.1.